The number of nitrogens with zero attached hydrogens (tertiary/aromatic N) is 3. The third-order valence-corrected chi connectivity index (χ3v) is 8.52. The minimum absolute atomic E-state index is 0.00846. The number of fused-ring (bicyclic) bond motifs is 1. The Hall–Kier alpha value is -2.56. The zero-order valence-electron chi connectivity index (χ0n) is 19.3. The van der Waals surface area contributed by atoms with Gasteiger partial charge in [0, 0.05) is 12.6 Å². The Kier molecular flexibility index (Phi) is 7.04. The Labute approximate surface area is 212 Å². The van der Waals surface area contributed by atoms with Crippen molar-refractivity contribution in [1.29, 1.82) is 0 Å². The molecule has 3 fully saturated rings. The number of hydrogen-bond donors (Lipinski definition) is 1. The first-order valence-corrected chi connectivity index (χ1v) is 13.1. The van der Waals surface area contributed by atoms with Crippen molar-refractivity contribution in [2.24, 2.45) is 5.92 Å². The molecule has 1 aliphatic carbocycles. The minimum atomic E-state index is -0.721. The lowest BCUT2D eigenvalue weighted by molar-refractivity contribution is -0.139. The number of rotatable bonds is 6. The summed E-state index contributed by atoms with van der Waals surface area (Å²) in [4.78, 5) is 42.3. The van der Waals surface area contributed by atoms with Crippen LogP contribution in [0.2, 0.25) is 0 Å². The molecule has 11 heteroatoms. The highest BCUT2D eigenvalue weighted by Crippen LogP contribution is 2.34. The number of ketones is 1. The van der Waals surface area contributed by atoms with E-state index in [0.29, 0.717) is 16.3 Å². The Bertz CT molecular complexity index is 1120. The highest BCUT2D eigenvalue weighted by molar-refractivity contribution is 7.17. The summed E-state index contributed by atoms with van der Waals surface area (Å²) in [7, 11) is 1.55. The maximum absolute atomic E-state index is 13.8. The molecule has 1 N–H and O–H groups in total. The van der Waals surface area contributed by atoms with E-state index >= 15 is 0 Å². The van der Waals surface area contributed by atoms with Crippen LogP contribution in [0.5, 0.6) is 5.75 Å². The largest absolute Gasteiger partial charge is 0.495 e. The fourth-order valence-electron chi connectivity index (χ4n) is 5.24. The van der Waals surface area contributed by atoms with Gasteiger partial charge < -0.3 is 19.7 Å². The summed E-state index contributed by atoms with van der Waals surface area (Å²) in [5.41, 5.74) is 0.601. The van der Waals surface area contributed by atoms with E-state index in [4.69, 9.17) is 21.1 Å². The fourth-order valence-corrected chi connectivity index (χ4v) is 6.47. The van der Waals surface area contributed by atoms with E-state index in [1.165, 1.54) is 22.4 Å². The van der Waals surface area contributed by atoms with Gasteiger partial charge in [-0.05, 0) is 30.9 Å². The van der Waals surface area contributed by atoms with Gasteiger partial charge in [-0.25, -0.2) is 0 Å². The minimum Gasteiger partial charge on any atom is -0.495 e. The SMILES string of the molecule is COc1cnnc(-c2ccc(C(=O)N[C@H](C(=O)N3C[C@H](Cl)[C@H]4OCC(=O)[C@H]43)C3CCCCC3)s2)c1. The number of carbonyl (C=O) groups excluding carboxylic acids is 3. The maximum atomic E-state index is 13.8. The predicted molar refractivity (Wildman–Crippen MR) is 130 cm³/mol. The molecule has 2 aliphatic heterocycles. The van der Waals surface area contributed by atoms with Gasteiger partial charge in [-0.3, -0.25) is 14.4 Å². The van der Waals surface area contributed by atoms with Crippen LogP contribution in [0.1, 0.15) is 41.8 Å². The van der Waals surface area contributed by atoms with E-state index in [2.05, 4.69) is 15.5 Å². The number of thiophene rings is 1. The number of amides is 2. The van der Waals surface area contributed by atoms with Crippen molar-refractivity contribution >= 4 is 40.5 Å². The van der Waals surface area contributed by atoms with Crippen molar-refractivity contribution in [1.82, 2.24) is 20.4 Å². The van der Waals surface area contributed by atoms with Crippen molar-refractivity contribution in [3.05, 3.63) is 29.3 Å². The van der Waals surface area contributed by atoms with Crippen LogP contribution in [-0.2, 0) is 14.3 Å². The van der Waals surface area contributed by atoms with Crippen molar-refractivity contribution in [3.8, 4) is 16.3 Å². The molecule has 5 rings (SSSR count). The molecule has 2 aromatic rings. The first kappa shape index (κ1) is 24.1. The van der Waals surface area contributed by atoms with E-state index in [0.717, 1.165) is 37.0 Å². The second kappa shape index (κ2) is 10.2. The third kappa shape index (κ3) is 4.79. The lowest BCUT2D eigenvalue weighted by Crippen LogP contribution is -2.55. The highest BCUT2D eigenvalue weighted by Gasteiger charge is 2.53. The monoisotopic (exact) mass is 518 g/mol. The molecule has 4 atom stereocenters. The van der Waals surface area contributed by atoms with Gasteiger partial charge in [-0.1, -0.05) is 19.3 Å². The van der Waals surface area contributed by atoms with Gasteiger partial charge in [0.2, 0.25) is 5.91 Å². The third-order valence-electron chi connectivity index (χ3n) is 7.03. The van der Waals surface area contributed by atoms with E-state index in [1.807, 2.05) is 0 Å². The summed E-state index contributed by atoms with van der Waals surface area (Å²) in [5.74, 6) is -0.133. The van der Waals surface area contributed by atoms with Gasteiger partial charge in [0.15, 0.2) is 5.78 Å². The number of aromatic nitrogens is 2. The van der Waals surface area contributed by atoms with Gasteiger partial charge in [-0.2, -0.15) is 5.10 Å². The zero-order valence-corrected chi connectivity index (χ0v) is 20.9. The topological polar surface area (TPSA) is 111 Å². The van der Waals surface area contributed by atoms with Crippen LogP contribution in [-0.4, -0.2) is 76.5 Å². The number of methoxy groups -OCH3 is 1. The molecule has 2 amide bonds. The Morgan fingerprint density at radius 3 is 2.86 bits per heavy atom. The van der Waals surface area contributed by atoms with Gasteiger partial charge in [0.05, 0.1) is 28.4 Å². The van der Waals surface area contributed by atoms with Crippen LogP contribution in [0.3, 0.4) is 0 Å². The number of likely N-dealkylation sites (tertiary alicyclic amines) is 1. The van der Waals surface area contributed by atoms with Gasteiger partial charge in [-0.15, -0.1) is 28.0 Å². The normalized spacial score (nSPS) is 25.4. The van der Waals surface area contributed by atoms with E-state index in [9.17, 15) is 14.4 Å². The summed E-state index contributed by atoms with van der Waals surface area (Å²) < 4.78 is 10.7. The molecule has 0 radical (unpaired) electrons. The molecule has 35 heavy (non-hydrogen) atoms. The van der Waals surface area contributed by atoms with Crippen LogP contribution in [0.25, 0.3) is 10.6 Å². The van der Waals surface area contributed by atoms with Crippen molar-refractivity contribution in [3.63, 3.8) is 0 Å². The molecule has 2 aromatic heterocycles. The standard InChI is InChI=1S/C24H27ClN4O5S/c1-33-14-9-16(28-26-10-14)18-7-8-19(35-18)23(31)27-20(13-5-3-2-4-6-13)24(32)29-11-15(25)22-21(29)17(30)12-34-22/h7-10,13,15,20-22H,2-6,11-12H2,1H3,(H,27,31)/t15-,20-,21+,22+/m0/s1. The lowest BCUT2D eigenvalue weighted by atomic mass is 9.83. The molecule has 4 heterocycles. The van der Waals surface area contributed by atoms with Crippen molar-refractivity contribution in [2.75, 3.05) is 20.3 Å². The second-order valence-electron chi connectivity index (χ2n) is 9.19. The molecule has 186 valence electrons. The van der Waals surface area contributed by atoms with Gasteiger partial charge in [0.25, 0.3) is 5.91 Å². The molecular formula is C24H27ClN4O5S. The number of alkyl halides is 1. The van der Waals surface area contributed by atoms with Gasteiger partial charge in [0.1, 0.15) is 36.2 Å². The summed E-state index contributed by atoms with van der Waals surface area (Å²) in [5, 5.41) is 10.6. The van der Waals surface area contributed by atoms with Crippen LogP contribution in [0.15, 0.2) is 24.4 Å². The van der Waals surface area contributed by atoms with Crippen LogP contribution in [0.4, 0.5) is 0 Å². The number of carbonyl (C=O) groups is 3. The molecule has 9 nitrogen and oxygen atoms in total. The predicted octanol–water partition coefficient (Wildman–Crippen LogP) is 2.68. The summed E-state index contributed by atoms with van der Waals surface area (Å²) in [6.45, 7) is 0.201. The molecule has 3 aliphatic rings. The average Bonchev–Trinajstić information content (AvgIpc) is 3.61. The van der Waals surface area contributed by atoms with Crippen molar-refractivity contribution in [2.45, 2.75) is 55.7 Å². The van der Waals surface area contributed by atoms with Crippen LogP contribution >= 0.6 is 22.9 Å². The molecule has 0 bridgehead atoms. The number of ether oxygens (including phenoxy) is 2. The number of nitrogens with one attached hydrogen (secondary N) is 1. The second-order valence-corrected chi connectivity index (χ2v) is 10.8. The molecule has 0 spiro atoms. The van der Waals surface area contributed by atoms with Crippen LogP contribution in [0, 0.1) is 5.92 Å². The van der Waals surface area contributed by atoms with E-state index in [1.54, 1.807) is 25.3 Å². The first-order chi connectivity index (χ1) is 17.0. The highest BCUT2D eigenvalue weighted by atomic mass is 35.5. The maximum Gasteiger partial charge on any atom is 0.262 e. The Morgan fingerprint density at radius 2 is 2.09 bits per heavy atom. The Balaban J connectivity index is 1.36. The smallest absolute Gasteiger partial charge is 0.262 e. The van der Waals surface area contributed by atoms with E-state index in [-0.39, 0.29) is 36.7 Å². The summed E-state index contributed by atoms with van der Waals surface area (Å²) >= 11 is 7.69. The van der Waals surface area contributed by atoms with E-state index < -0.39 is 23.6 Å². The number of hydrogen-bond acceptors (Lipinski definition) is 8. The van der Waals surface area contributed by atoms with Gasteiger partial charge >= 0.3 is 0 Å². The van der Waals surface area contributed by atoms with Crippen molar-refractivity contribution < 1.29 is 23.9 Å². The zero-order chi connectivity index (χ0) is 24.5. The molecule has 1 saturated carbocycles. The summed E-state index contributed by atoms with van der Waals surface area (Å²) in [6, 6.07) is 3.88. The molecule has 0 unspecified atom stereocenters. The average molecular weight is 519 g/mol. The molecule has 0 aromatic carbocycles. The number of Topliss-reactive ketones (excluding diaryl/α,β-unsaturated/α-hetero) is 1. The lowest BCUT2D eigenvalue weighted by Gasteiger charge is -2.34. The number of halogens is 1. The fraction of sp³-hybridized carbons (Fsp3) is 0.542. The summed E-state index contributed by atoms with van der Waals surface area (Å²) in [6.07, 6.45) is 5.86. The molecular weight excluding hydrogens is 492 g/mol. The molecule has 2 saturated heterocycles. The van der Waals surface area contributed by atoms with Crippen LogP contribution < -0.4 is 10.1 Å². The first-order valence-electron chi connectivity index (χ1n) is 11.8. The Morgan fingerprint density at radius 1 is 1.29 bits per heavy atom. The quantitative estimate of drug-likeness (QED) is 0.585.